The smallest absolute Gasteiger partial charge is 0.229 e. The van der Waals surface area contributed by atoms with Gasteiger partial charge in [0, 0.05) is 21.8 Å². The predicted molar refractivity (Wildman–Crippen MR) is 94.1 cm³/mol. The highest BCUT2D eigenvalue weighted by atomic mass is 35.5. The Morgan fingerprint density at radius 2 is 2.04 bits per heavy atom. The number of carbonyl (C=O) groups excluding carboxylic acids is 2. The number of anilines is 1. The third-order valence-corrected chi connectivity index (χ3v) is 6.42. The van der Waals surface area contributed by atoms with Crippen molar-refractivity contribution >= 4 is 39.8 Å². The molecule has 1 aromatic rings. The van der Waals surface area contributed by atoms with Crippen LogP contribution in [0.1, 0.15) is 48.1 Å². The zero-order valence-corrected chi connectivity index (χ0v) is 15.2. The van der Waals surface area contributed by atoms with Gasteiger partial charge < -0.3 is 15.2 Å². The lowest BCUT2D eigenvalue weighted by atomic mass is 9.82. The Bertz CT molecular complexity index is 778. The summed E-state index contributed by atoms with van der Waals surface area (Å²) < 4.78 is 0. The van der Waals surface area contributed by atoms with Crippen LogP contribution in [0.4, 0.5) is 5.00 Å². The molecular formula is C18H18ClN2O3S-. The average molecular weight is 378 g/mol. The number of nitriles is 1. The minimum atomic E-state index is -1.25. The molecule has 1 aromatic heterocycles. The van der Waals surface area contributed by atoms with Crippen molar-refractivity contribution in [3.8, 4) is 6.07 Å². The Morgan fingerprint density at radius 1 is 1.28 bits per heavy atom. The van der Waals surface area contributed by atoms with E-state index in [1.807, 2.05) is 0 Å². The van der Waals surface area contributed by atoms with E-state index in [0.717, 1.165) is 42.5 Å². The fourth-order valence-electron chi connectivity index (χ4n) is 3.54. The number of carboxylic acid groups (broad SMARTS) is 1. The fraction of sp³-hybridized carbons (Fsp3) is 0.500. The van der Waals surface area contributed by atoms with Gasteiger partial charge in [-0.1, -0.05) is 24.1 Å². The average Bonchev–Trinajstić information content (AvgIpc) is 2.74. The van der Waals surface area contributed by atoms with Crippen molar-refractivity contribution in [1.29, 1.82) is 5.26 Å². The molecule has 0 unspecified atom stereocenters. The van der Waals surface area contributed by atoms with Crippen LogP contribution < -0.4 is 10.4 Å². The van der Waals surface area contributed by atoms with Crippen molar-refractivity contribution in [3.63, 3.8) is 0 Å². The Balaban J connectivity index is 1.84. The standard InChI is InChI=1S/C18H19ClN2O3S/c19-10-6-7-12(18(23)24)13(8-10)16(22)21-17-14(9-20)11-4-2-1-3-5-15(11)25-17/h6,12-13H,1-5,7-8H2,(H,21,22)(H,23,24)/p-1/t12-,13+/m0/s1. The van der Waals surface area contributed by atoms with E-state index in [2.05, 4.69) is 11.4 Å². The van der Waals surface area contributed by atoms with Gasteiger partial charge in [-0.25, -0.2) is 0 Å². The number of halogens is 1. The summed E-state index contributed by atoms with van der Waals surface area (Å²) in [5, 5.41) is 24.7. The number of nitrogens with one attached hydrogen (secondary N) is 1. The van der Waals surface area contributed by atoms with E-state index in [4.69, 9.17) is 11.6 Å². The van der Waals surface area contributed by atoms with E-state index in [-0.39, 0.29) is 12.8 Å². The molecule has 3 rings (SSSR count). The monoisotopic (exact) mass is 377 g/mol. The molecule has 0 saturated heterocycles. The maximum Gasteiger partial charge on any atom is 0.229 e. The molecule has 132 valence electrons. The number of aryl methyl sites for hydroxylation is 1. The highest BCUT2D eigenvalue weighted by Gasteiger charge is 2.33. The maximum atomic E-state index is 12.7. The summed E-state index contributed by atoms with van der Waals surface area (Å²) in [6.07, 6.45) is 7.04. The number of fused-ring (bicyclic) bond motifs is 1. The largest absolute Gasteiger partial charge is 0.550 e. The van der Waals surface area contributed by atoms with Gasteiger partial charge in [-0.05, 0) is 44.1 Å². The van der Waals surface area contributed by atoms with Crippen molar-refractivity contribution in [3.05, 3.63) is 27.1 Å². The zero-order chi connectivity index (χ0) is 18.0. The van der Waals surface area contributed by atoms with Crippen LogP contribution >= 0.6 is 22.9 Å². The lowest BCUT2D eigenvalue weighted by molar-refractivity contribution is -0.313. The minimum absolute atomic E-state index is 0.180. The molecule has 0 aromatic carbocycles. The van der Waals surface area contributed by atoms with Crippen LogP contribution in [0.3, 0.4) is 0 Å². The van der Waals surface area contributed by atoms with E-state index < -0.39 is 23.7 Å². The van der Waals surface area contributed by atoms with Crippen molar-refractivity contribution in [1.82, 2.24) is 0 Å². The summed E-state index contributed by atoms with van der Waals surface area (Å²) in [5.41, 5.74) is 1.57. The van der Waals surface area contributed by atoms with Gasteiger partial charge in [0.1, 0.15) is 11.1 Å². The molecule has 2 aliphatic carbocycles. The number of amides is 1. The van der Waals surface area contributed by atoms with Gasteiger partial charge in [-0.3, -0.25) is 4.79 Å². The number of aliphatic carboxylic acids is 1. The van der Waals surface area contributed by atoms with Gasteiger partial charge in [0.05, 0.1) is 11.5 Å². The van der Waals surface area contributed by atoms with Crippen molar-refractivity contribution in [2.24, 2.45) is 11.8 Å². The van der Waals surface area contributed by atoms with Crippen LogP contribution in [0.2, 0.25) is 0 Å². The molecule has 7 heteroatoms. The zero-order valence-electron chi connectivity index (χ0n) is 13.6. The number of rotatable bonds is 3. The molecule has 25 heavy (non-hydrogen) atoms. The molecule has 5 nitrogen and oxygen atoms in total. The lowest BCUT2D eigenvalue weighted by Crippen LogP contribution is -2.42. The predicted octanol–water partition coefficient (Wildman–Crippen LogP) is 2.73. The van der Waals surface area contributed by atoms with Crippen LogP contribution in [0, 0.1) is 23.2 Å². The van der Waals surface area contributed by atoms with Crippen molar-refractivity contribution < 1.29 is 14.7 Å². The highest BCUT2D eigenvalue weighted by molar-refractivity contribution is 7.16. The molecular weight excluding hydrogens is 360 g/mol. The van der Waals surface area contributed by atoms with Gasteiger partial charge in [0.2, 0.25) is 5.91 Å². The number of hydrogen-bond acceptors (Lipinski definition) is 5. The lowest BCUT2D eigenvalue weighted by Gasteiger charge is -2.29. The molecule has 0 bridgehead atoms. The Hall–Kier alpha value is -1.84. The summed E-state index contributed by atoms with van der Waals surface area (Å²) in [5.74, 6) is -3.34. The molecule has 0 aliphatic heterocycles. The molecule has 2 aliphatic rings. The van der Waals surface area contributed by atoms with Crippen LogP contribution in [0.5, 0.6) is 0 Å². The molecule has 0 saturated carbocycles. The Morgan fingerprint density at radius 3 is 2.76 bits per heavy atom. The molecule has 0 fully saturated rings. The van der Waals surface area contributed by atoms with E-state index in [1.54, 1.807) is 6.08 Å². The van der Waals surface area contributed by atoms with Crippen molar-refractivity contribution in [2.75, 3.05) is 5.32 Å². The van der Waals surface area contributed by atoms with E-state index in [1.165, 1.54) is 11.3 Å². The fourth-order valence-corrected chi connectivity index (χ4v) is 5.04. The molecule has 1 N–H and O–H groups in total. The number of hydrogen-bond donors (Lipinski definition) is 1. The van der Waals surface area contributed by atoms with Gasteiger partial charge in [0.25, 0.3) is 0 Å². The van der Waals surface area contributed by atoms with Gasteiger partial charge >= 0.3 is 0 Å². The minimum Gasteiger partial charge on any atom is -0.550 e. The van der Waals surface area contributed by atoms with E-state index in [0.29, 0.717) is 15.6 Å². The van der Waals surface area contributed by atoms with Crippen LogP contribution in [0.25, 0.3) is 0 Å². The molecule has 2 atom stereocenters. The molecule has 0 spiro atoms. The number of allylic oxidation sites excluding steroid dienone is 2. The van der Waals surface area contributed by atoms with E-state index in [9.17, 15) is 20.0 Å². The number of thiophene rings is 1. The second-order valence-corrected chi connectivity index (χ2v) is 8.08. The number of nitrogens with zero attached hydrogens (tertiary/aromatic N) is 1. The first-order valence-electron chi connectivity index (χ1n) is 8.42. The summed E-state index contributed by atoms with van der Waals surface area (Å²) in [6.45, 7) is 0. The first kappa shape index (κ1) is 18.0. The number of carbonyl (C=O) groups is 2. The van der Waals surface area contributed by atoms with Crippen LogP contribution in [0.15, 0.2) is 11.1 Å². The summed E-state index contributed by atoms with van der Waals surface area (Å²) in [6, 6.07) is 2.21. The van der Waals surface area contributed by atoms with Crippen LogP contribution in [-0.2, 0) is 22.4 Å². The normalized spacial score (nSPS) is 23.0. The first-order chi connectivity index (χ1) is 12.0. The Labute approximate surface area is 155 Å². The van der Waals surface area contributed by atoms with E-state index >= 15 is 0 Å². The van der Waals surface area contributed by atoms with Crippen molar-refractivity contribution in [2.45, 2.75) is 44.9 Å². The topological polar surface area (TPSA) is 93.0 Å². The second kappa shape index (κ2) is 7.59. The van der Waals surface area contributed by atoms with Gasteiger partial charge in [0.15, 0.2) is 0 Å². The number of carboxylic acids is 1. The van der Waals surface area contributed by atoms with Gasteiger partial charge in [-0.2, -0.15) is 5.26 Å². The Kier molecular flexibility index (Phi) is 5.45. The molecule has 1 amide bonds. The first-order valence-corrected chi connectivity index (χ1v) is 9.61. The summed E-state index contributed by atoms with van der Waals surface area (Å²) in [7, 11) is 0. The van der Waals surface area contributed by atoms with Gasteiger partial charge in [-0.15, -0.1) is 11.3 Å². The molecule has 0 radical (unpaired) electrons. The maximum absolute atomic E-state index is 12.7. The molecule has 1 heterocycles. The van der Waals surface area contributed by atoms with Crippen LogP contribution in [-0.4, -0.2) is 11.9 Å². The third kappa shape index (κ3) is 3.73. The third-order valence-electron chi connectivity index (χ3n) is 4.90. The quantitative estimate of drug-likeness (QED) is 0.819. The summed E-state index contributed by atoms with van der Waals surface area (Å²) >= 11 is 7.44. The second-order valence-electron chi connectivity index (χ2n) is 6.49. The summed E-state index contributed by atoms with van der Waals surface area (Å²) in [4.78, 5) is 25.2. The highest BCUT2D eigenvalue weighted by Crippen LogP contribution is 2.38. The SMILES string of the molecule is N#Cc1c(NC(=O)[C@@H]2CC(Cl)=CC[C@@H]2C(=O)[O-])sc2c1CCCCC2.